The molecule has 1 unspecified atom stereocenters. The Morgan fingerprint density at radius 2 is 2.03 bits per heavy atom. The van der Waals surface area contributed by atoms with Crippen molar-refractivity contribution in [2.24, 2.45) is 5.92 Å². The number of rotatable bonds is 5. The molecule has 1 aliphatic heterocycles. The molecule has 12 heteroatoms. The maximum absolute atomic E-state index is 12.5. The van der Waals surface area contributed by atoms with E-state index in [-0.39, 0.29) is 27.8 Å². The fourth-order valence-electron chi connectivity index (χ4n) is 2.90. The van der Waals surface area contributed by atoms with Gasteiger partial charge < -0.3 is 15.2 Å². The normalized spacial score (nSPS) is 18.9. The molecule has 0 saturated carbocycles. The fourth-order valence-corrected chi connectivity index (χ4v) is 4.97. The zero-order chi connectivity index (χ0) is 22.2. The molecule has 2 N–H and O–H groups in total. The van der Waals surface area contributed by atoms with Gasteiger partial charge in [-0.15, -0.1) is 0 Å². The van der Waals surface area contributed by atoms with Crippen molar-refractivity contribution in [1.82, 2.24) is 10.5 Å². The zero-order valence-electron chi connectivity index (χ0n) is 16.3. The molecule has 1 fully saturated rings. The topological polar surface area (TPSA) is 139 Å². The van der Waals surface area contributed by atoms with Crippen LogP contribution >= 0.6 is 11.6 Å². The molecular weight excluding hydrogens is 436 g/mol. The Kier molecular flexibility index (Phi) is 5.86. The first-order valence-electron chi connectivity index (χ1n) is 8.91. The summed E-state index contributed by atoms with van der Waals surface area (Å²) in [6.45, 7) is 4.66. The van der Waals surface area contributed by atoms with E-state index in [9.17, 15) is 22.8 Å². The van der Waals surface area contributed by atoms with Gasteiger partial charge in [-0.25, -0.2) is 12.7 Å². The van der Waals surface area contributed by atoms with E-state index in [2.05, 4.69) is 15.8 Å². The summed E-state index contributed by atoms with van der Waals surface area (Å²) in [5.41, 5.74) is 0.0764. The molecule has 0 aliphatic carbocycles. The SMILES string of the molecule is Cc1cc(NC(=O)[C@H](C)NC(=O)c2ccc(N3C(=O)C(C)CS3(=O)=O)cc2Cl)no1. The summed E-state index contributed by atoms with van der Waals surface area (Å²) in [7, 11) is -3.79. The van der Waals surface area contributed by atoms with Crippen LogP contribution in [0.5, 0.6) is 0 Å². The average molecular weight is 455 g/mol. The third-order valence-corrected chi connectivity index (χ3v) is 6.59. The predicted molar refractivity (Wildman–Crippen MR) is 109 cm³/mol. The van der Waals surface area contributed by atoms with E-state index in [4.69, 9.17) is 16.1 Å². The Bertz CT molecular complexity index is 1130. The number of nitrogens with zero attached hydrogens (tertiary/aromatic N) is 2. The number of halogens is 1. The van der Waals surface area contributed by atoms with E-state index in [1.807, 2.05) is 0 Å². The van der Waals surface area contributed by atoms with E-state index in [1.54, 1.807) is 6.92 Å². The first-order valence-corrected chi connectivity index (χ1v) is 10.9. The number of benzene rings is 1. The van der Waals surface area contributed by atoms with Crippen LogP contribution in [0.4, 0.5) is 11.5 Å². The molecule has 2 atom stereocenters. The maximum atomic E-state index is 12.5. The van der Waals surface area contributed by atoms with Crippen molar-refractivity contribution >= 4 is 50.9 Å². The standard InChI is InChI=1S/C18H19ClN4O6S/c1-9-8-30(27,28)23(18(9)26)12-4-5-13(14(19)7-12)17(25)20-11(3)16(24)21-15-6-10(2)29-22-15/h4-7,9,11H,8H2,1-3H3,(H,20,25)(H,21,22,24)/t9?,11-/m0/s1. The third kappa shape index (κ3) is 4.31. The lowest BCUT2D eigenvalue weighted by Crippen LogP contribution is -2.41. The zero-order valence-corrected chi connectivity index (χ0v) is 17.9. The highest BCUT2D eigenvalue weighted by molar-refractivity contribution is 7.94. The van der Waals surface area contributed by atoms with Crippen LogP contribution in [-0.4, -0.2) is 43.1 Å². The van der Waals surface area contributed by atoms with Crippen LogP contribution in [0.2, 0.25) is 5.02 Å². The summed E-state index contributed by atoms with van der Waals surface area (Å²) in [5.74, 6) is -1.94. The molecule has 1 aromatic carbocycles. The number of nitrogens with one attached hydrogen (secondary N) is 2. The molecule has 1 aromatic heterocycles. The van der Waals surface area contributed by atoms with Crippen LogP contribution in [0.15, 0.2) is 28.8 Å². The van der Waals surface area contributed by atoms with Crippen LogP contribution in [0.1, 0.15) is 30.0 Å². The second-order valence-electron chi connectivity index (χ2n) is 6.95. The van der Waals surface area contributed by atoms with E-state index >= 15 is 0 Å². The highest BCUT2D eigenvalue weighted by Crippen LogP contribution is 2.31. The van der Waals surface area contributed by atoms with Crippen LogP contribution < -0.4 is 14.9 Å². The van der Waals surface area contributed by atoms with Crippen LogP contribution in [-0.2, 0) is 19.6 Å². The van der Waals surface area contributed by atoms with Crippen molar-refractivity contribution in [3.05, 3.63) is 40.6 Å². The number of carbonyl (C=O) groups is 3. The lowest BCUT2D eigenvalue weighted by molar-refractivity contribution is -0.119. The Hall–Kier alpha value is -2.92. The number of sulfonamides is 1. The van der Waals surface area contributed by atoms with Crippen molar-refractivity contribution < 1.29 is 27.3 Å². The van der Waals surface area contributed by atoms with Gasteiger partial charge in [-0.3, -0.25) is 14.4 Å². The summed E-state index contributed by atoms with van der Waals surface area (Å²) in [4.78, 5) is 36.9. The summed E-state index contributed by atoms with van der Waals surface area (Å²) in [6, 6.07) is 4.44. The lowest BCUT2D eigenvalue weighted by Gasteiger charge is -2.17. The molecule has 30 heavy (non-hydrogen) atoms. The number of hydrogen-bond donors (Lipinski definition) is 2. The lowest BCUT2D eigenvalue weighted by atomic mass is 10.1. The minimum absolute atomic E-state index is 0.0226. The Morgan fingerprint density at radius 1 is 1.33 bits per heavy atom. The van der Waals surface area contributed by atoms with Gasteiger partial charge in [0, 0.05) is 6.07 Å². The van der Waals surface area contributed by atoms with Gasteiger partial charge in [-0.2, -0.15) is 0 Å². The van der Waals surface area contributed by atoms with Gasteiger partial charge in [-0.05, 0) is 32.0 Å². The van der Waals surface area contributed by atoms with Crippen LogP contribution in [0.25, 0.3) is 0 Å². The number of aromatic nitrogens is 1. The van der Waals surface area contributed by atoms with Gasteiger partial charge in [0.05, 0.1) is 27.9 Å². The highest BCUT2D eigenvalue weighted by Gasteiger charge is 2.42. The molecular formula is C18H19ClN4O6S. The molecule has 3 amide bonds. The summed E-state index contributed by atoms with van der Waals surface area (Å²) in [5, 5.41) is 8.56. The molecule has 0 spiro atoms. The third-order valence-electron chi connectivity index (χ3n) is 4.41. The molecule has 0 bridgehead atoms. The second kappa shape index (κ2) is 8.07. The van der Waals surface area contributed by atoms with Gasteiger partial charge >= 0.3 is 0 Å². The van der Waals surface area contributed by atoms with E-state index in [0.717, 1.165) is 0 Å². The number of carbonyl (C=O) groups excluding carboxylic acids is 3. The average Bonchev–Trinajstić information content (AvgIpc) is 3.13. The monoisotopic (exact) mass is 454 g/mol. The molecule has 2 aromatic rings. The van der Waals surface area contributed by atoms with Crippen molar-refractivity contribution in [2.45, 2.75) is 26.8 Å². The van der Waals surface area contributed by atoms with E-state index < -0.39 is 39.7 Å². The van der Waals surface area contributed by atoms with Gasteiger partial charge in [0.1, 0.15) is 11.8 Å². The fraction of sp³-hybridized carbons (Fsp3) is 0.333. The Morgan fingerprint density at radius 3 is 2.57 bits per heavy atom. The predicted octanol–water partition coefficient (Wildman–Crippen LogP) is 1.71. The number of amides is 3. The minimum atomic E-state index is -3.79. The van der Waals surface area contributed by atoms with Gasteiger partial charge in [-0.1, -0.05) is 23.7 Å². The van der Waals surface area contributed by atoms with Gasteiger partial charge in [0.2, 0.25) is 21.8 Å². The number of aryl methyl sites for hydroxylation is 1. The first kappa shape index (κ1) is 21.8. The minimum Gasteiger partial charge on any atom is -0.360 e. The number of hydrogen-bond acceptors (Lipinski definition) is 7. The van der Waals surface area contributed by atoms with E-state index in [1.165, 1.54) is 38.1 Å². The second-order valence-corrected chi connectivity index (χ2v) is 9.22. The molecule has 2 heterocycles. The quantitative estimate of drug-likeness (QED) is 0.700. The first-order chi connectivity index (χ1) is 14.0. The summed E-state index contributed by atoms with van der Waals surface area (Å²) >= 11 is 6.16. The van der Waals surface area contributed by atoms with Gasteiger partial charge in [0.25, 0.3) is 5.91 Å². The van der Waals surface area contributed by atoms with Crippen molar-refractivity contribution in [3.63, 3.8) is 0 Å². The summed E-state index contributed by atoms with van der Waals surface area (Å²) in [6.07, 6.45) is 0. The molecule has 1 aliphatic rings. The molecule has 3 rings (SSSR count). The summed E-state index contributed by atoms with van der Waals surface area (Å²) < 4.78 is 30.0. The Balaban J connectivity index is 1.72. The smallest absolute Gasteiger partial charge is 0.253 e. The van der Waals surface area contributed by atoms with E-state index in [0.29, 0.717) is 10.1 Å². The van der Waals surface area contributed by atoms with Crippen LogP contribution in [0.3, 0.4) is 0 Å². The van der Waals surface area contributed by atoms with Crippen LogP contribution in [0, 0.1) is 12.8 Å². The molecule has 160 valence electrons. The van der Waals surface area contributed by atoms with Crippen molar-refractivity contribution in [3.8, 4) is 0 Å². The molecule has 0 radical (unpaired) electrons. The molecule has 10 nitrogen and oxygen atoms in total. The maximum Gasteiger partial charge on any atom is 0.253 e. The largest absolute Gasteiger partial charge is 0.360 e. The van der Waals surface area contributed by atoms with Crippen molar-refractivity contribution in [2.75, 3.05) is 15.4 Å². The number of anilines is 2. The molecule has 1 saturated heterocycles. The van der Waals surface area contributed by atoms with Crippen molar-refractivity contribution in [1.29, 1.82) is 0 Å². The van der Waals surface area contributed by atoms with Gasteiger partial charge in [0.15, 0.2) is 5.82 Å². The highest BCUT2D eigenvalue weighted by atomic mass is 35.5. The Labute approximate surface area is 177 Å².